The fourth-order valence-electron chi connectivity index (χ4n) is 2.20. The van der Waals surface area contributed by atoms with E-state index < -0.39 is 14.9 Å². The van der Waals surface area contributed by atoms with E-state index in [2.05, 4.69) is 5.43 Å². The number of hydrazine groups is 1. The fraction of sp³-hybridized carbons (Fsp3) is 0.455. The molecule has 1 aliphatic heterocycles. The molecular formula is C11H16N4O4S. The van der Waals surface area contributed by atoms with Crippen LogP contribution >= 0.6 is 0 Å². The molecule has 1 saturated heterocycles. The first-order valence-electron chi connectivity index (χ1n) is 6.22. The maximum atomic E-state index is 12.4. The van der Waals surface area contributed by atoms with Gasteiger partial charge in [-0.15, -0.1) is 0 Å². The van der Waals surface area contributed by atoms with Crippen LogP contribution in [0, 0.1) is 10.1 Å². The minimum atomic E-state index is -3.62. The van der Waals surface area contributed by atoms with Gasteiger partial charge in [-0.2, -0.15) is 4.31 Å². The lowest BCUT2D eigenvalue weighted by Crippen LogP contribution is -2.35. The number of benzene rings is 1. The molecule has 1 aliphatic rings. The molecule has 20 heavy (non-hydrogen) atoms. The summed E-state index contributed by atoms with van der Waals surface area (Å²) in [4.78, 5) is 10.2. The number of piperidine rings is 1. The summed E-state index contributed by atoms with van der Waals surface area (Å²) in [6.45, 7) is 0.954. The molecular weight excluding hydrogens is 284 g/mol. The standard InChI is InChI=1S/C11H16N4O4S/c12-13-10-8-9(4-5-11(10)15(16)17)20(18,19)14-6-2-1-3-7-14/h4-5,8,13H,1-3,6-7,12H2. The maximum absolute atomic E-state index is 12.4. The van der Waals surface area contributed by atoms with Crippen LogP contribution in [-0.4, -0.2) is 30.7 Å². The molecule has 0 radical (unpaired) electrons. The van der Waals surface area contributed by atoms with Crippen LogP contribution in [0.2, 0.25) is 0 Å². The summed E-state index contributed by atoms with van der Waals surface area (Å²) < 4.78 is 26.2. The third kappa shape index (κ3) is 2.74. The van der Waals surface area contributed by atoms with Crippen molar-refractivity contribution in [3.63, 3.8) is 0 Å². The van der Waals surface area contributed by atoms with E-state index in [0.717, 1.165) is 25.3 Å². The van der Waals surface area contributed by atoms with Crippen molar-refractivity contribution in [2.75, 3.05) is 18.5 Å². The van der Waals surface area contributed by atoms with Gasteiger partial charge >= 0.3 is 0 Å². The Morgan fingerprint density at radius 2 is 1.90 bits per heavy atom. The van der Waals surface area contributed by atoms with E-state index in [1.165, 1.54) is 16.4 Å². The first kappa shape index (κ1) is 14.7. The Balaban J connectivity index is 2.39. The Hall–Kier alpha value is -1.71. The molecule has 0 saturated carbocycles. The molecule has 3 N–H and O–H groups in total. The number of anilines is 1. The third-order valence-electron chi connectivity index (χ3n) is 3.27. The van der Waals surface area contributed by atoms with Gasteiger partial charge in [0, 0.05) is 19.2 Å². The summed E-state index contributed by atoms with van der Waals surface area (Å²) in [5.41, 5.74) is 1.89. The van der Waals surface area contributed by atoms with Crippen LogP contribution in [0.1, 0.15) is 19.3 Å². The average molecular weight is 300 g/mol. The van der Waals surface area contributed by atoms with Crippen LogP contribution in [0.5, 0.6) is 0 Å². The van der Waals surface area contributed by atoms with Crippen LogP contribution < -0.4 is 11.3 Å². The molecule has 0 aromatic heterocycles. The molecule has 0 amide bonds. The van der Waals surface area contributed by atoms with Crippen LogP contribution in [-0.2, 0) is 10.0 Å². The van der Waals surface area contributed by atoms with Crippen LogP contribution in [0.25, 0.3) is 0 Å². The number of nitro groups is 1. The van der Waals surface area contributed by atoms with Gasteiger partial charge < -0.3 is 5.43 Å². The summed E-state index contributed by atoms with van der Waals surface area (Å²) in [6.07, 6.45) is 2.67. The van der Waals surface area contributed by atoms with Crippen molar-refractivity contribution in [2.45, 2.75) is 24.2 Å². The Kier molecular flexibility index (Phi) is 4.21. The molecule has 0 atom stereocenters. The van der Waals surface area contributed by atoms with E-state index in [1.54, 1.807) is 0 Å². The quantitative estimate of drug-likeness (QED) is 0.487. The molecule has 0 aliphatic carbocycles. The Bertz CT molecular complexity index is 611. The number of sulfonamides is 1. The maximum Gasteiger partial charge on any atom is 0.293 e. The fourth-order valence-corrected chi connectivity index (χ4v) is 3.75. The van der Waals surface area contributed by atoms with Gasteiger partial charge in [-0.3, -0.25) is 16.0 Å². The van der Waals surface area contributed by atoms with Gasteiger partial charge in [0.2, 0.25) is 10.0 Å². The number of rotatable bonds is 4. The van der Waals surface area contributed by atoms with E-state index in [4.69, 9.17) is 5.84 Å². The summed E-state index contributed by atoms with van der Waals surface area (Å²) in [5, 5.41) is 10.8. The monoisotopic (exact) mass is 300 g/mol. The van der Waals surface area contributed by atoms with E-state index >= 15 is 0 Å². The van der Waals surface area contributed by atoms with Crippen LogP contribution in [0.4, 0.5) is 11.4 Å². The van der Waals surface area contributed by atoms with Crippen molar-refractivity contribution in [3.05, 3.63) is 28.3 Å². The molecule has 1 heterocycles. The third-order valence-corrected chi connectivity index (χ3v) is 5.17. The minimum Gasteiger partial charge on any atom is -0.318 e. The highest BCUT2D eigenvalue weighted by atomic mass is 32.2. The Morgan fingerprint density at radius 1 is 1.25 bits per heavy atom. The zero-order chi connectivity index (χ0) is 14.8. The summed E-state index contributed by atoms with van der Waals surface area (Å²) in [7, 11) is -3.62. The van der Waals surface area contributed by atoms with Crippen molar-refractivity contribution in [2.24, 2.45) is 5.84 Å². The molecule has 1 aromatic rings. The summed E-state index contributed by atoms with van der Waals surface area (Å²) in [5.74, 6) is 5.22. The molecule has 0 bridgehead atoms. The number of nitrogens with two attached hydrogens (primary N) is 1. The average Bonchev–Trinajstić information content (AvgIpc) is 2.47. The molecule has 1 aromatic carbocycles. The molecule has 2 rings (SSSR count). The second-order valence-electron chi connectivity index (χ2n) is 4.55. The van der Waals surface area contributed by atoms with Gasteiger partial charge in [-0.05, 0) is 25.0 Å². The molecule has 8 nitrogen and oxygen atoms in total. The van der Waals surface area contributed by atoms with Gasteiger partial charge in [0.15, 0.2) is 0 Å². The van der Waals surface area contributed by atoms with Crippen molar-refractivity contribution in [3.8, 4) is 0 Å². The molecule has 9 heteroatoms. The number of hydrogen-bond donors (Lipinski definition) is 2. The lowest BCUT2D eigenvalue weighted by molar-refractivity contribution is -0.384. The highest BCUT2D eigenvalue weighted by Gasteiger charge is 2.27. The number of nitrogens with zero attached hydrogens (tertiary/aromatic N) is 2. The SMILES string of the molecule is NNc1cc(S(=O)(=O)N2CCCCC2)ccc1[N+](=O)[O-]. The van der Waals surface area contributed by atoms with Gasteiger partial charge in [0.25, 0.3) is 5.69 Å². The van der Waals surface area contributed by atoms with Gasteiger partial charge in [-0.1, -0.05) is 6.42 Å². The summed E-state index contributed by atoms with van der Waals surface area (Å²) >= 11 is 0. The topological polar surface area (TPSA) is 119 Å². The first-order chi connectivity index (χ1) is 9.46. The highest BCUT2D eigenvalue weighted by Crippen LogP contribution is 2.29. The number of nitro benzene ring substituents is 1. The lowest BCUT2D eigenvalue weighted by atomic mass is 10.2. The second kappa shape index (κ2) is 5.73. The number of nitrogen functional groups attached to an aromatic ring is 1. The predicted octanol–water partition coefficient (Wildman–Crippen LogP) is 1.05. The normalized spacial score (nSPS) is 16.9. The van der Waals surface area contributed by atoms with Gasteiger partial charge in [0.1, 0.15) is 5.69 Å². The zero-order valence-electron chi connectivity index (χ0n) is 10.8. The molecule has 0 unspecified atom stereocenters. The van der Waals surface area contributed by atoms with Crippen molar-refractivity contribution in [1.29, 1.82) is 0 Å². The zero-order valence-corrected chi connectivity index (χ0v) is 11.6. The molecule has 0 spiro atoms. The van der Waals surface area contributed by atoms with E-state index in [1.807, 2.05) is 0 Å². The number of hydrogen-bond acceptors (Lipinski definition) is 6. The largest absolute Gasteiger partial charge is 0.318 e. The van der Waals surface area contributed by atoms with E-state index in [0.29, 0.717) is 13.1 Å². The number of nitrogens with one attached hydrogen (secondary N) is 1. The molecule has 1 fully saturated rings. The van der Waals surface area contributed by atoms with Crippen molar-refractivity contribution in [1.82, 2.24) is 4.31 Å². The Labute approximate surface area is 116 Å². The first-order valence-corrected chi connectivity index (χ1v) is 7.66. The molecule has 110 valence electrons. The van der Waals surface area contributed by atoms with E-state index in [-0.39, 0.29) is 16.3 Å². The van der Waals surface area contributed by atoms with E-state index in [9.17, 15) is 18.5 Å². The Morgan fingerprint density at radius 3 is 2.45 bits per heavy atom. The lowest BCUT2D eigenvalue weighted by Gasteiger charge is -2.25. The second-order valence-corrected chi connectivity index (χ2v) is 6.48. The van der Waals surface area contributed by atoms with Gasteiger partial charge in [0.05, 0.1) is 9.82 Å². The van der Waals surface area contributed by atoms with Crippen LogP contribution in [0.15, 0.2) is 23.1 Å². The van der Waals surface area contributed by atoms with Crippen molar-refractivity contribution >= 4 is 21.4 Å². The van der Waals surface area contributed by atoms with Gasteiger partial charge in [-0.25, -0.2) is 8.42 Å². The smallest absolute Gasteiger partial charge is 0.293 e. The minimum absolute atomic E-state index is 0.0120. The highest BCUT2D eigenvalue weighted by molar-refractivity contribution is 7.89. The van der Waals surface area contributed by atoms with Crippen molar-refractivity contribution < 1.29 is 13.3 Å². The summed E-state index contributed by atoms with van der Waals surface area (Å²) in [6, 6.07) is 3.58. The van der Waals surface area contributed by atoms with Crippen LogP contribution in [0.3, 0.4) is 0 Å². The predicted molar refractivity (Wildman–Crippen MR) is 73.5 cm³/mol.